The summed E-state index contributed by atoms with van der Waals surface area (Å²) in [4.78, 5) is 32.0. The molecule has 0 unspecified atom stereocenters. The maximum atomic E-state index is 12.0. The van der Waals surface area contributed by atoms with Crippen molar-refractivity contribution in [2.45, 2.75) is 20.5 Å². The Morgan fingerprint density at radius 3 is 2.37 bits per heavy atom. The number of ether oxygens (including phenoxy) is 3. The Bertz CT molecular complexity index is 773. The second kappa shape index (κ2) is 10.5. The quantitative estimate of drug-likeness (QED) is 0.311. The molecule has 0 saturated heterocycles. The Morgan fingerprint density at radius 1 is 1.07 bits per heavy atom. The Kier molecular flexibility index (Phi) is 7.77. The first kappa shape index (κ1) is 19.9. The molecular formula is C19H21N3O5. The van der Waals surface area contributed by atoms with Crippen LogP contribution in [-0.2, 0) is 25.7 Å². The van der Waals surface area contributed by atoms with Gasteiger partial charge >= 0.3 is 11.9 Å². The van der Waals surface area contributed by atoms with Crippen molar-refractivity contribution in [1.82, 2.24) is 9.97 Å². The van der Waals surface area contributed by atoms with Crippen LogP contribution >= 0.6 is 0 Å². The van der Waals surface area contributed by atoms with E-state index in [1.54, 1.807) is 13.8 Å². The molecule has 0 bridgehead atoms. The van der Waals surface area contributed by atoms with Gasteiger partial charge in [0.05, 0.1) is 19.4 Å². The number of carbonyl (C=O) groups is 2. The van der Waals surface area contributed by atoms with Crippen LogP contribution in [0.15, 0.2) is 54.6 Å². The Balaban J connectivity index is 2.15. The number of carbonyl (C=O) groups excluding carboxylic acids is 2. The Labute approximate surface area is 157 Å². The van der Waals surface area contributed by atoms with E-state index < -0.39 is 11.9 Å². The lowest BCUT2D eigenvalue weighted by Crippen LogP contribution is -2.19. The van der Waals surface area contributed by atoms with Gasteiger partial charge in [-0.2, -0.15) is 0 Å². The third-order valence-corrected chi connectivity index (χ3v) is 3.26. The zero-order valence-electron chi connectivity index (χ0n) is 15.2. The number of aromatic nitrogens is 2. The largest absolute Gasteiger partial charge is 0.483 e. The zero-order chi connectivity index (χ0) is 19.5. The van der Waals surface area contributed by atoms with E-state index in [1.807, 2.05) is 30.3 Å². The highest BCUT2D eigenvalue weighted by Gasteiger charge is 2.21. The highest BCUT2D eigenvalue weighted by Crippen LogP contribution is 2.21. The lowest BCUT2D eigenvalue weighted by atomic mass is 10.2. The molecule has 27 heavy (non-hydrogen) atoms. The van der Waals surface area contributed by atoms with Crippen molar-refractivity contribution in [2.24, 2.45) is 0 Å². The van der Waals surface area contributed by atoms with Crippen molar-refractivity contribution in [1.29, 1.82) is 0 Å². The molecule has 2 rings (SSSR count). The number of anilines is 1. The molecule has 0 aliphatic carbocycles. The summed E-state index contributed by atoms with van der Waals surface area (Å²) < 4.78 is 15.5. The van der Waals surface area contributed by atoms with Gasteiger partial charge in [0.2, 0.25) is 0 Å². The normalized spacial score (nSPS) is 9.85. The molecule has 1 heterocycles. The van der Waals surface area contributed by atoms with Gasteiger partial charge in [0.25, 0.3) is 0 Å². The maximum absolute atomic E-state index is 12.0. The van der Waals surface area contributed by atoms with Crippen molar-refractivity contribution in [3.05, 3.63) is 60.2 Å². The van der Waals surface area contributed by atoms with E-state index in [-0.39, 0.29) is 18.8 Å². The van der Waals surface area contributed by atoms with Gasteiger partial charge in [0.1, 0.15) is 12.9 Å². The van der Waals surface area contributed by atoms with Crippen LogP contribution in [0, 0.1) is 0 Å². The second-order valence-electron chi connectivity index (χ2n) is 5.15. The number of esters is 2. The van der Waals surface area contributed by atoms with E-state index in [1.165, 1.54) is 18.7 Å². The first-order chi connectivity index (χ1) is 13.2. The number of hydrogen-bond donors (Lipinski definition) is 1. The minimum Gasteiger partial charge on any atom is -0.483 e. The summed E-state index contributed by atoms with van der Waals surface area (Å²) in [7, 11) is 0. The topological polar surface area (TPSA) is 99.6 Å². The van der Waals surface area contributed by atoms with Crippen molar-refractivity contribution < 1.29 is 23.8 Å². The predicted molar refractivity (Wildman–Crippen MR) is 97.8 cm³/mol. The molecule has 0 radical (unpaired) electrons. The average Bonchev–Trinajstić information content (AvgIpc) is 2.68. The number of rotatable bonds is 9. The predicted octanol–water partition coefficient (Wildman–Crippen LogP) is 2.48. The SMILES string of the molecule is CCOC(=O)C(=CNc1ncncc1OCc1ccccc1)C(=O)OCC. The summed E-state index contributed by atoms with van der Waals surface area (Å²) in [5.74, 6) is -0.912. The monoisotopic (exact) mass is 371 g/mol. The highest BCUT2D eigenvalue weighted by atomic mass is 16.6. The van der Waals surface area contributed by atoms with E-state index in [0.717, 1.165) is 5.56 Å². The molecule has 0 spiro atoms. The van der Waals surface area contributed by atoms with Gasteiger partial charge in [-0.15, -0.1) is 0 Å². The molecule has 8 heteroatoms. The first-order valence-corrected chi connectivity index (χ1v) is 8.43. The lowest BCUT2D eigenvalue weighted by molar-refractivity contribution is -0.146. The summed E-state index contributed by atoms with van der Waals surface area (Å²) >= 11 is 0. The van der Waals surface area contributed by atoms with Crippen molar-refractivity contribution in [3.8, 4) is 5.75 Å². The van der Waals surface area contributed by atoms with Crippen LogP contribution in [0.5, 0.6) is 5.75 Å². The van der Waals surface area contributed by atoms with Crippen LogP contribution in [0.25, 0.3) is 0 Å². The van der Waals surface area contributed by atoms with Crippen molar-refractivity contribution in [3.63, 3.8) is 0 Å². The molecule has 8 nitrogen and oxygen atoms in total. The summed E-state index contributed by atoms with van der Waals surface area (Å²) in [5, 5.41) is 2.79. The van der Waals surface area contributed by atoms with Gasteiger partial charge in [-0.1, -0.05) is 30.3 Å². The van der Waals surface area contributed by atoms with Gasteiger partial charge < -0.3 is 19.5 Å². The minimum absolute atomic E-state index is 0.133. The molecule has 0 aliphatic rings. The maximum Gasteiger partial charge on any atom is 0.347 e. The van der Waals surface area contributed by atoms with E-state index in [9.17, 15) is 9.59 Å². The molecule has 0 aliphatic heterocycles. The molecule has 0 saturated carbocycles. The van der Waals surface area contributed by atoms with Gasteiger partial charge in [-0.05, 0) is 19.4 Å². The summed E-state index contributed by atoms with van der Waals surface area (Å²) in [6.45, 7) is 3.88. The van der Waals surface area contributed by atoms with E-state index in [0.29, 0.717) is 18.2 Å². The summed E-state index contributed by atoms with van der Waals surface area (Å²) in [5.41, 5.74) is 0.702. The Morgan fingerprint density at radius 2 is 1.74 bits per heavy atom. The summed E-state index contributed by atoms with van der Waals surface area (Å²) in [6, 6.07) is 9.59. The van der Waals surface area contributed by atoms with Crippen LogP contribution < -0.4 is 10.1 Å². The smallest absolute Gasteiger partial charge is 0.347 e. The zero-order valence-corrected chi connectivity index (χ0v) is 15.2. The number of nitrogens with zero attached hydrogens (tertiary/aromatic N) is 2. The van der Waals surface area contributed by atoms with E-state index in [4.69, 9.17) is 14.2 Å². The molecule has 1 aromatic carbocycles. The lowest BCUT2D eigenvalue weighted by Gasteiger charge is -2.11. The van der Waals surface area contributed by atoms with Gasteiger partial charge in [-0.25, -0.2) is 19.6 Å². The fraction of sp³-hybridized carbons (Fsp3) is 0.263. The molecular weight excluding hydrogens is 350 g/mol. The number of hydrogen-bond acceptors (Lipinski definition) is 8. The minimum atomic E-state index is -0.788. The second-order valence-corrected chi connectivity index (χ2v) is 5.15. The van der Waals surface area contributed by atoms with Crippen LogP contribution in [0.4, 0.5) is 5.82 Å². The third kappa shape index (κ3) is 6.10. The van der Waals surface area contributed by atoms with Gasteiger partial charge in [-0.3, -0.25) is 0 Å². The standard InChI is InChI=1S/C19H21N3O5/c1-3-25-18(23)15(19(24)26-4-2)10-21-17-16(11-20-13-22-17)27-12-14-8-6-5-7-9-14/h5-11,13H,3-4,12H2,1-2H3,(H,20,21,22). The number of nitrogens with one attached hydrogen (secondary N) is 1. The molecule has 0 atom stereocenters. The molecule has 1 N–H and O–H groups in total. The van der Waals surface area contributed by atoms with E-state index >= 15 is 0 Å². The third-order valence-electron chi connectivity index (χ3n) is 3.26. The van der Waals surface area contributed by atoms with Crippen molar-refractivity contribution >= 4 is 17.8 Å². The number of benzene rings is 1. The summed E-state index contributed by atoms with van der Waals surface area (Å²) in [6.07, 6.45) is 3.99. The van der Waals surface area contributed by atoms with Crippen LogP contribution in [-0.4, -0.2) is 35.1 Å². The average molecular weight is 371 g/mol. The fourth-order valence-electron chi connectivity index (χ4n) is 2.03. The molecule has 2 aromatic rings. The van der Waals surface area contributed by atoms with Crippen LogP contribution in [0.2, 0.25) is 0 Å². The van der Waals surface area contributed by atoms with Gasteiger partial charge in [0, 0.05) is 6.20 Å². The van der Waals surface area contributed by atoms with Crippen LogP contribution in [0.3, 0.4) is 0 Å². The van der Waals surface area contributed by atoms with Crippen molar-refractivity contribution in [2.75, 3.05) is 18.5 Å². The molecule has 0 amide bonds. The molecule has 1 aromatic heterocycles. The van der Waals surface area contributed by atoms with Gasteiger partial charge in [0.15, 0.2) is 17.1 Å². The Hall–Kier alpha value is -3.42. The van der Waals surface area contributed by atoms with Crippen LogP contribution in [0.1, 0.15) is 19.4 Å². The fourth-order valence-corrected chi connectivity index (χ4v) is 2.03. The first-order valence-electron chi connectivity index (χ1n) is 8.43. The van der Waals surface area contributed by atoms with E-state index in [2.05, 4.69) is 15.3 Å². The molecule has 142 valence electrons. The highest BCUT2D eigenvalue weighted by molar-refractivity contribution is 6.14. The molecule has 0 fully saturated rings.